The zero-order valence-electron chi connectivity index (χ0n) is 19.2. The predicted molar refractivity (Wildman–Crippen MR) is 128 cm³/mol. The van der Waals surface area contributed by atoms with Crippen LogP contribution in [0.15, 0.2) is 40.9 Å². The maximum Gasteiger partial charge on any atom is 0.271 e. The summed E-state index contributed by atoms with van der Waals surface area (Å²) in [6.45, 7) is 1.79. The fraction of sp³-hybridized carbons (Fsp3) is 0.348. The fourth-order valence-electron chi connectivity index (χ4n) is 3.91. The van der Waals surface area contributed by atoms with E-state index in [1.54, 1.807) is 26.4 Å². The first-order chi connectivity index (χ1) is 16.9. The van der Waals surface area contributed by atoms with Gasteiger partial charge >= 0.3 is 0 Å². The van der Waals surface area contributed by atoms with Crippen LogP contribution in [0.25, 0.3) is 11.4 Å². The molecular formula is C23H24ClN5O6. The zero-order chi connectivity index (χ0) is 24.9. The minimum absolute atomic E-state index is 0.133. The molecule has 1 amide bonds. The highest BCUT2D eigenvalue weighted by Crippen LogP contribution is 2.32. The summed E-state index contributed by atoms with van der Waals surface area (Å²) >= 11 is 6.09. The lowest BCUT2D eigenvalue weighted by molar-refractivity contribution is -0.384. The van der Waals surface area contributed by atoms with Crippen molar-refractivity contribution in [2.45, 2.75) is 19.4 Å². The molecule has 2 heterocycles. The third kappa shape index (κ3) is 5.69. The van der Waals surface area contributed by atoms with Crippen molar-refractivity contribution < 1.29 is 23.7 Å². The molecule has 0 atom stereocenters. The van der Waals surface area contributed by atoms with E-state index >= 15 is 0 Å². The lowest BCUT2D eigenvalue weighted by atomic mass is 9.96. The van der Waals surface area contributed by atoms with E-state index in [1.165, 1.54) is 18.2 Å². The first kappa shape index (κ1) is 24.4. The van der Waals surface area contributed by atoms with Gasteiger partial charge in [0.05, 0.1) is 36.4 Å². The zero-order valence-corrected chi connectivity index (χ0v) is 19.9. The van der Waals surface area contributed by atoms with Crippen LogP contribution < -0.4 is 14.8 Å². The van der Waals surface area contributed by atoms with Crippen LogP contribution in [0.1, 0.15) is 18.7 Å². The van der Waals surface area contributed by atoms with Crippen molar-refractivity contribution in [1.82, 2.24) is 15.0 Å². The average Bonchev–Trinajstić information content (AvgIpc) is 3.33. The molecular weight excluding hydrogens is 478 g/mol. The molecule has 0 saturated carbocycles. The predicted octanol–water partition coefficient (Wildman–Crippen LogP) is 4.17. The maximum absolute atomic E-state index is 12.7. The summed E-state index contributed by atoms with van der Waals surface area (Å²) in [4.78, 5) is 29.8. The molecule has 1 fully saturated rings. The summed E-state index contributed by atoms with van der Waals surface area (Å²) in [6, 6.07) is 9.35. The van der Waals surface area contributed by atoms with Gasteiger partial charge in [0.2, 0.25) is 17.6 Å². The largest absolute Gasteiger partial charge is 0.493 e. The number of methoxy groups -OCH3 is 2. The Morgan fingerprint density at radius 3 is 2.63 bits per heavy atom. The van der Waals surface area contributed by atoms with Crippen molar-refractivity contribution in [1.29, 1.82) is 0 Å². The van der Waals surface area contributed by atoms with Gasteiger partial charge in [-0.05, 0) is 50.2 Å². The second-order valence-electron chi connectivity index (χ2n) is 8.04. The van der Waals surface area contributed by atoms with Crippen LogP contribution >= 0.6 is 11.6 Å². The molecule has 35 heavy (non-hydrogen) atoms. The number of aromatic nitrogens is 2. The lowest BCUT2D eigenvalue weighted by Gasteiger charge is -2.30. The summed E-state index contributed by atoms with van der Waals surface area (Å²) in [5.41, 5.74) is 0.848. The Balaban J connectivity index is 1.32. The summed E-state index contributed by atoms with van der Waals surface area (Å²) in [7, 11) is 3.13. The highest BCUT2D eigenvalue weighted by Gasteiger charge is 2.27. The molecule has 1 aliphatic rings. The Labute approximate surface area is 206 Å². The van der Waals surface area contributed by atoms with Crippen molar-refractivity contribution in [2.24, 2.45) is 5.92 Å². The normalized spacial score (nSPS) is 14.5. The Bertz CT molecular complexity index is 1220. The van der Waals surface area contributed by atoms with Crippen LogP contribution in [0.4, 0.5) is 11.4 Å². The summed E-state index contributed by atoms with van der Waals surface area (Å²) < 4.78 is 16.0. The molecule has 184 valence electrons. The number of halogens is 1. The number of piperidine rings is 1. The van der Waals surface area contributed by atoms with Crippen molar-refractivity contribution in [3.63, 3.8) is 0 Å². The highest BCUT2D eigenvalue weighted by molar-refractivity contribution is 6.33. The van der Waals surface area contributed by atoms with E-state index in [9.17, 15) is 14.9 Å². The number of likely N-dealkylation sites (tertiary alicyclic amines) is 1. The molecule has 11 nitrogen and oxygen atoms in total. The molecule has 3 aromatic rings. The average molecular weight is 502 g/mol. The first-order valence-corrected chi connectivity index (χ1v) is 11.3. The highest BCUT2D eigenvalue weighted by atomic mass is 35.5. The molecule has 2 aromatic carbocycles. The number of rotatable bonds is 8. The number of non-ortho nitro benzene ring substituents is 1. The number of nitrogens with one attached hydrogen (secondary N) is 1. The second kappa shape index (κ2) is 10.7. The van der Waals surface area contributed by atoms with Gasteiger partial charge in [-0.15, -0.1) is 0 Å². The topological polar surface area (TPSA) is 133 Å². The van der Waals surface area contributed by atoms with Crippen LogP contribution in [0.2, 0.25) is 5.02 Å². The second-order valence-corrected chi connectivity index (χ2v) is 8.45. The van der Waals surface area contributed by atoms with Crippen molar-refractivity contribution >= 4 is 28.9 Å². The molecule has 0 radical (unpaired) electrons. The van der Waals surface area contributed by atoms with Crippen LogP contribution in [0.5, 0.6) is 11.5 Å². The van der Waals surface area contributed by atoms with Gasteiger partial charge in [-0.3, -0.25) is 19.8 Å². The lowest BCUT2D eigenvalue weighted by Crippen LogP contribution is -2.37. The van der Waals surface area contributed by atoms with Crippen molar-refractivity contribution in [2.75, 3.05) is 32.6 Å². The number of benzene rings is 2. The van der Waals surface area contributed by atoms with Crippen LogP contribution in [0, 0.1) is 16.0 Å². The summed E-state index contributed by atoms with van der Waals surface area (Å²) in [5, 5.41) is 18.0. The van der Waals surface area contributed by atoms with Gasteiger partial charge in [0.15, 0.2) is 11.5 Å². The van der Waals surface area contributed by atoms with Crippen LogP contribution in [-0.2, 0) is 11.3 Å². The molecule has 1 aliphatic heterocycles. The van der Waals surface area contributed by atoms with Gasteiger partial charge in [-0.25, -0.2) is 0 Å². The van der Waals surface area contributed by atoms with Gasteiger partial charge in [0.1, 0.15) is 0 Å². The number of ether oxygens (including phenoxy) is 2. The van der Waals surface area contributed by atoms with Gasteiger partial charge in [-0.1, -0.05) is 16.8 Å². The molecule has 1 N–H and O–H groups in total. The molecule has 4 rings (SSSR count). The van der Waals surface area contributed by atoms with Gasteiger partial charge in [0.25, 0.3) is 5.69 Å². The number of amides is 1. The molecule has 12 heteroatoms. The number of hydrogen-bond acceptors (Lipinski definition) is 9. The van der Waals surface area contributed by atoms with E-state index < -0.39 is 4.92 Å². The molecule has 1 saturated heterocycles. The standard InChI is InChI=1S/C23H24ClN5O6/c1-33-19-6-3-15(11-20(19)34-2)22-26-21(35-27-22)13-28-9-7-14(8-10-28)23(30)25-18-12-16(29(31)32)4-5-17(18)24/h3-6,11-12,14H,7-10,13H2,1-2H3,(H,25,30). The monoisotopic (exact) mass is 501 g/mol. The number of nitro benzene ring substituents is 1. The SMILES string of the molecule is COc1ccc(-c2noc(CN3CCC(C(=O)Nc4cc([N+](=O)[O-])ccc4Cl)CC3)n2)cc1OC. The molecule has 1 aromatic heterocycles. The summed E-state index contributed by atoms with van der Waals surface area (Å²) in [5.74, 6) is 1.67. The van der Waals surface area contributed by atoms with Crippen LogP contribution in [0.3, 0.4) is 0 Å². The Kier molecular flexibility index (Phi) is 7.47. The fourth-order valence-corrected chi connectivity index (χ4v) is 4.08. The van der Waals surface area contributed by atoms with Crippen LogP contribution in [-0.4, -0.2) is 53.2 Å². The Morgan fingerprint density at radius 2 is 1.94 bits per heavy atom. The van der Waals surface area contributed by atoms with Crippen molar-refractivity contribution in [3.8, 4) is 22.9 Å². The Morgan fingerprint density at radius 1 is 1.20 bits per heavy atom. The van der Waals surface area contributed by atoms with E-state index in [-0.39, 0.29) is 28.2 Å². The van der Waals surface area contributed by atoms with Gasteiger partial charge in [-0.2, -0.15) is 4.98 Å². The van der Waals surface area contributed by atoms with Gasteiger partial charge in [0, 0.05) is 23.6 Å². The first-order valence-electron chi connectivity index (χ1n) is 10.9. The molecule has 0 aliphatic carbocycles. The number of carbonyl (C=O) groups is 1. The number of carbonyl (C=O) groups excluding carboxylic acids is 1. The van der Waals surface area contributed by atoms with E-state index in [1.807, 2.05) is 6.07 Å². The van der Waals surface area contributed by atoms with E-state index in [4.69, 9.17) is 25.6 Å². The van der Waals surface area contributed by atoms with E-state index in [2.05, 4.69) is 20.4 Å². The Hall–Kier alpha value is -3.70. The third-order valence-electron chi connectivity index (χ3n) is 5.85. The number of hydrogen-bond donors (Lipinski definition) is 1. The smallest absolute Gasteiger partial charge is 0.271 e. The maximum atomic E-state index is 12.7. The molecule has 0 unspecified atom stereocenters. The molecule has 0 bridgehead atoms. The quantitative estimate of drug-likeness (QED) is 0.356. The number of anilines is 1. The van der Waals surface area contributed by atoms with E-state index in [0.717, 1.165) is 5.56 Å². The number of nitro groups is 1. The van der Waals surface area contributed by atoms with Crippen molar-refractivity contribution in [3.05, 3.63) is 57.4 Å². The minimum Gasteiger partial charge on any atom is -0.493 e. The minimum atomic E-state index is -0.529. The third-order valence-corrected chi connectivity index (χ3v) is 6.18. The summed E-state index contributed by atoms with van der Waals surface area (Å²) in [6.07, 6.45) is 1.24. The number of nitrogens with zero attached hydrogens (tertiary/aromatic N) is 4. The van der Waals surface area contributed by atoms with Gasteiger partial charge < -0.3 is 19.3 Å². The van der Waals surface area contributed by atoms with E-state index in [0.29, 0.717) is 55.7 Å². The molecule has 0 spiro atoms.